The summed E-state index contributed by atoms with van der Waals surface area (Å²) in [7, 11) is 0. The van der Waals surface area contributed by atoms with Crippen molar-refractivity contribution in [3.63, 3.8) is 0 Å². The number of aliphatic hydroxyl groups is 1. The van der Waals surface area contributed by atoms with Crippen molar-refractivity contribution in [3.8, 4) is 0 Å². The van der Waals surface area contributed by atoms with Gasteiger partial charge in [0.15, 0.2) is 5.13 Å². The zero-order valence-corrected chi connectivity index (χ0v) is 20.2. The van der Waals surface area contributed by atoms with E-state index in [0.717, 1.165) is 68.5 Å². The lowest BCUT2D eigenvalue weighted by Gasteiger charge is -2.27. The number of aliphatic hydroxyl groups excluding tert-OH is 1. The Morgan fingerprint density at radius 2 is 1.94 bits per heavy atom. The minimum Gasteiger partial charge on any atom is -0.393 e. The number of fused-ring (bicyclic) bond motifs is 1. The summed E-state index contributed by atoms with van der Waals surface area (Å²) in [6, 6.07) is 10.6. The van der Waals surface area contributed by atoms with Crippen LogP contribution in [0.4, 0.5) is 16.8 Å². The van der Waals surface area contributed by atoms with E-state index in [9.17, 15) is 5.11 Å². The zero-order chi connectivity index (χ0) is 22.1. The predicted molar refractivity (Wildman–Crippen MR) is 133 cm³/mol. The maximum Gasteiger partial charge on any atom is 0.189 e. The Bertz CT molecular complexity index is 1230. The molecule has 0 spiro atoms. The average Bonchev–Trinajstić information content (AvgIpc) is 3.34. The van der Waals surface area contributed by atoms with Crippen LogP contribution < -0.4 is 10.6 Å². The molecule has 1 aromatic carbocycles. The number of nitrogens with one attached hydrogen (secondary N) is 2. The first kappa shape index (κ1) is 21.4. The van der Waals surface area contributed by atoms with Crippen molar-refractivity contribution >= 4 is 54.3 Å². The Morgan fingerprint density at radius 1 is 1.12 bits per heavy atom. The van der Waals surface area contributed by atoms with Gasteiger partial charge < -0.3 is 20.3 Å². The van der Waals surface area contributed by atoms with Crippen molar-refractivity contribution in [1.29, 1.82) is 0 Å². The predicted octanol–water partition coefficient (Wildman–Crippen LogP) is 5.47. The van der Waals surface area contributed by atoms with Gasteiger partial charge in [-0.1, -0.05) is 27.3 Å². The number of pyridine rings is 1. The monoisotopic (exact) mass is 512 g/mol. The van der Waals surface area contributed by atoms with E-state index in [4.69, 9.17) is 9.97 Å². The van der Waals surface area contributed by atoms with Crippen LogP contribution in [-0.2, 0) is 6.54 Å². The smallest absolute Gasteiger partial charge is 0.189 e. The van der Waals surface area contributed by atoms with E-state index in [1.54, 1.807) is 11.3 Å². The number of halogens is 1. The number of hydrogen-bond donors (Lipinski definition) is 3. The number of anilines is 3. The van der Waals surface area contributed by atoms with Crippen LogP contribution in [0.5, 0.6) is 0 Å². The van der Waals surface area contributed by atoms with Crippen LogP contribution >= 0.6 is 27.3 Å². The van der Waals surface area contributed by atoms with Crippen LogP contribution in [0.3, 0.4) is 0 Å². The molecule has 0 aliphatic heterocycles. The Balaban J connectivity index is 1.42. The third-order valence-corrected chi connectivity index (χ3v) is 7.22. The molecule has 0 atom stereocenters. The minimum atomic E-state index is -0.173. The molecule has 32 heavy (non-hydrogen) atoms. The molecule has 0 bridgehead atoms. The fourth-order valence-corrected chi connectivity index (χ4v) is 5.50. The Hall–Kier alpha value is -2.49. The molecule has 4 aromatic rings. The van der Waals surface area contributed by atoms with Crippen LogP contribution in [0.1, 0.15) is 37.1 Å². The number of benzene rings is 1. The lowest BCUT2D eigenvalue weighted by molar-refractivity contribution is 0.126. The minimum absolute atomic E-state index is 0.173. The van der Waals surface area contributed by atoms with E-state index in [2.05, 4.69) is 54.3 Å². The molecule has 1 fully saturated rings. The number of imidazole rings is 1. The molecule has 0 radical (unpaired) electrons. The summed E-state index contributed by atoms with van der Waals surface area (Å²) in [5.74, 6) is 2.58. The second-order valence-electron chi connectivity index (χ2n) is 8.25. The summed E-state index contributed by atoms with van der Waals surface area (Å²) in [5, 5.41) is 17.6. The van der Waals surface area contributed by atoms with E-state index in [1.807, 2.05) is 31.5 Å². The maximum absolute atomic E-state index is 9.82. The molecule has 3 aromatic heterocycles. The van der Waals surface area contributed by atoms with Crippen molar-refractivity contribution in [2.24, 2.45) is 0 Å². The second-order valence-corrected chi connectivity index (χ2v) is 10.2. The molecular formula is C23H25BrN6OS. The van der Waals surface area contributed by atoms with Gasteiger partial charge in [-0.05, 0) is 68.5 Å². The molecule has 5 rings (SSSR count). The third kappa shape index (κ3) is 4.95. The van der Waals surface area contributed by atoms with E-state index < -0.39 is 0 Å². The fourth-order valence-electron chi connectivity index (χ4n) is 4.07. The van der Waals surface area contributed by atoms with Gasteiger partial charge in [0.2, 0.25) is 0 Å². The lowest BCUT2D eigenvalue weighted by atomic mass is 9.93. The van der Waals surface area contributed by atoms with Gasteiger partial charge in [0.25, 0.3) is 0 Å². The zero-order valence-electron chi connectivity index (χ0n) is 17.8. The van der Waals surface area contributed by atoms with Crippen LogP contribution in [0.25, 0.3) is 10.2 Å². The highest BCUT2D eigenvalue weighted by Crippen LogP contribution is 2.31. The standard InChI is InChI=1S/C23H25BrN6OS/c1-14-25-8-9-30(14)13-15-10-21(26-17-3-5-18(31)6-4-17)28-22(11-15)29-23-27-19-7-2-16(24)12-20(19)32-23/h2,7-12,17-18,31H,3-6,13H2,1H3,(H2,26,27,28,29). The van der Waals surface area contributed by atoms with Crippen LogP contribution in [0, 0.1) is 6.92 Å². The number of nitrogens with zero attached hydrogens (tertiary/aromatic N) is 4. The van der Waals surface area contributed by atoms with Crippen LogP contribution in [-0.4, -0.2) is 36.8 Å². The number of thiazole rings is 1. The van der Waals surface area contributed by atoms with Gasteiger partial charge in [0, 0.05) is 29.5 Å². The number of rotatable bonds is 6. The molecule has 166 valence electrons. The highest BCUT2D eigenvalue weighted by atomic mass is 79.9. The van der Waals surface area contributed by atoms with Gasteiger partial charge in [0.1, 0.15) is 17.5 Å². The Kier molecular flexibility index (Phi) is 6.12. The molecule has 3 heterocycles. The van der Waals surface area contributed by atoms with Crippen molar-refractivity contribution < 1.29 is 5.11 Å². The summed E-state index contributed by atoms with van der Waals surface area (Å²) >= 11 is 5.13. The van der Waals surface area contributed by atoms with E-state index >= 15 is 0 Å². The lowest BCUT2D eigenvalue weighted by Crippen LogP contribution is -2.28. The molecule has 1 aliphatic rings. The Labute approximate surface area is 199 Å². The first-order chi connectivity index (χ1) is 15.5. The van der Waals surface area contributed by atoms with Gasteiger partial charge in [0.05, 0.1) is 16.3 Å². The van der Waals surface area contributed by atoms with Crippen molar-refractivity contribution in [2.75, 3.05) is 10.6 Å². The number of aromatic nitrogens is 4. The maximum atomic E-state index is 9.82. The number of hydrogen-bond acceptors (Lipinski definition) is 7. The van der Waals surface area contributed by atoms with Gasteiger partial charge in [-0.3, -0.25) is 0 Å². The van der Waals surface area contributed by atoms with Crippen LogP contribution in [0.2, 0.25) is 0 Å². The molecule has 1 saturated carbocycles. The van der Waals surface area contributed by atoms with E-state index in [0.29, 0.717) is 12.6 Å². The molecule has 1 aliphatic carbocycles. The van der Waals surface area contributed by atoms with Crippen molar-refractivity contribution in [1.82, 2.24) is 19.5 Å². The molecule has 9 heteroatoms. The SMILES string of the molecule is Cc1nccn1Cc1cc(Nc2nc3ccc(Br)cc3s2)nc(NC2CCC(O)CC2)c1. The van der Waals surface area contributed by atoms with Gasteiger partial charge in [-0.15, -0.1) is 0 Å². The molecule has 0 unspecified atom stereocenters. The van der Waals surface area contributed by atoms with E-state index in [1.165, 1.54) is 0 Å². The molecule has 0 amide bonds. The summed E-state index contributed by atoms with van der Waals surface area (Å²) in [4.78, 5) is 13.9. The first-order valence-corrected chi connectivity index (χ1v) is 12.4. The number of aryl methyl sites for hydroxylation is 1. The normalized spacial score (nSPS) is 18.7. The molecule has 0 saturated heterocycles. The largest absolute Gasteiger partial charge is 0.393 e. The highest BCUT2D eigenvalue weighted by molar-refractivity contribution is 9.10. The first-order valence-electron chi connectivity index (χ1n) is 10.8. The quantitative estimate of drug-likeness (QED) is 0.317. The summed E-state index contributed by atoms with van der Waals surface area (Å²) < 4.78 is 4.28. The topological polar surface area (TPSA) is 87.9 Å². The molecule has 7 nitrogen and oxygen atoms in total. The summed E-state index contributed by atoms with van der Waals surface area (Å²) in [6.07, 6.45) is 7.20. The molecule has 3 N–H and O–H groups in total. The Morgan fingerprint density at radius 3 is 2.72 bits per heavy atom. The third-order valence-electron chi connectivity index (χ3n) is 5.80. The van der Waals surface area contributed by atoms with Gasteiger partial charge in [-0.25, -0.2) is 15.0 Å². The van der Waals surface area contributed by atoms with E-state index in [-0.39, 0.29) is 6.10 Å². The summed E-state index contributed by atoms with van der Waals surface area (Å²) in [6.45, 7) is 2.72. The average molecular weight is 513 g/mol. The van der Waals surface area contributed by atoms with Crippen molar-refractivity contribution in [2.45, 2.75) is 51.3 Å². The summed E-state index contributed by atoms with van der Waals surface area (Å²) in [5.41, 5.74) is 2.09. The van der Waals surface area contributed by atoms with Gasteiger partial charge >= 0.3 is 0 Å². The van der Waals surface area contributed by atoms with Crippen LogP contribution in [0.15, 0.2) is 47.2 Å². The second kappa shape index (κ2) is 9.17. The fraction of sp³-hybridized carbons (Fsp3) is 0.348. The highest BCUT2D eigenvalue weighted by Gasteiger charge is 2.20. The van der Waals surface area contributed by atoms with Crippen molar-refractivity contribution in [3.05, 3.63) is 58.6 Å². The van der Waals surface area contributed by atoms with Gasteiger partial charge in [-0.2, -0.15) is 0 Å². The molecular weight excluding hydrogens is 488 g/mol.